The Balaban J connectivity index is 1.72. The Labute approximate surface area is 209 Å². The number of Topliss-reactive ketones (excluding diaryl/α,β-unsaturated/α-hetero) is 1. The van der Waals surface area contributed by atoms with Gasteiger partial charge in [-0.1, -0.05) is 17.4 Å². The predicted molar refractivity (Wildman–Crippen MR) is 134 cm³/mol. The lowest BCUT2D eigenvalue weighted by atomic mass is 9.95. The van der Waals surface area contributed by atoms with E-state index in [1.54, 1.807) is 30.3 Å². The number of amides is 1. The molecule has 0 saturated carbocycles. The quantitative estimate of drug-likeness (QED) is 0.225. The molecule has 0 aliphatic carbocycles. The summed E-state index contributed by atoms with van der Waals surface area (Å²) < 4.78 is 11.6. The number of anilines is 1. The van der Waals surface area contributed by atoms with Gasteiger partial charge in [-0.25, -0.2) is 4.98 Å². The van der Waals surface area contributed by atoms with Crippen molar-refractivity contribution in [3.63, 3.8) is 0 Å². The predicted octanol–water partition coefficient (Wildman–Crippen LogP) is 4.43. The number of pyridine rings is 1. The van der Waals surface area contributed by atoms with Crippen LogP contribution in [0.1, 0.15) is 24.1 Å². The molecule has 182 valence electrons. The Morgan fingerprint density at radius 3 is 2.61 bits per heavy atom. The Morgan fingerprint density at radius 1 is 1.11 bits per heavy atom. The number of aromatic hydroxyl groups is 1. The summed E-state index contributed by atoms with van der Waals surface area (Å²) in [6.45, 7) is 2.39. The number of hydrogen-bond donors (Lipinski definition) is 2. The minimum Gasteiger partial charge on any atom is -0.507 e. The van der Waals surface area contributed by atoms with Gasteiger partial charge < -0.3 is 19.7 Å². The molecule has 4 aromatic rings. The molecule has 1 unspecified atom stereocenters. The molecule has 1 fully saturated rings. The SMILES string of the molecule is CCOc1ccc2nc(N3C(=O)C(=O)C(=C(O)c4ccncc4)C3c3ccc(O)c(OC)c3)sc2c1. The molecule has 0 radical (unpaired) electrons. The molecule has 36 heavy (non-hydrogen) atoms. The first kappa shape index (κ1) is 23.3. The number of aliphatic hydroxyl groups excluding tert-OH is 1. The Kier molecular flexibility index (Phi) is 6.03. The van der Waals surface area contributed by atoms with Gasteiger partial charge in [0.1, 0.15) is 11.5 Å². The van der Waals surface area contributed by atoms with E-state index in [0.717, 1.165) is 4.70 Å². The highest BCUT2D eigenvalue weighted by molar-refractivity contribution is 7.22. The van der Waals surface area contributed by atoms with Crippen LogP contribution in [0.4, 0.5) is 5.13 Å². The Morgan fingerprint density at radius 2 is 1.89 bits per heavy atom. The summed E-state index contributed by atoms with van der Waals surface area (Å²) in [4.78, 5) is 36.5. The van der Waals surface area contributed by atoms with Gasteiger partial charge in [-0.2, -0.15) is 0 Å². The van der Waals surface area contributed by atoms with Crippen LogP contribution in [0.5, 0.6) is 17.2 Å². The fraction of sp³-hybridized carbons (Fsp3) is 0.154. The van der Waals surface area contributed by atoms with Gasteiger partial charge in [-0.15, -0.1) is 0 Å². The molecule has 5 rings (SSSR count). The van der Waals surface area contributed by atoms with Crippen LogP contribution in [0, 0.1) is 0 Å². The molecule has 0 spiro atoms. The van der Waals surface area contributed by atoms with E-state index >= 15 is 0 Å². The third kappa shape index (κ3) is 3.91. The highest BCUT2D eigenvalue weighted by Gasteiger charge is 2.48. The first-order valence-corrected chi connectivity index (χ1v) is 11.9. The summed E-state index contributed by atoms with van der Waals surface area (Å²) in [5.74, 6) is -1.29. The first-order valence-electron chi connectivity index (χ1n) is 11.0. The number of ketones is 1. The second-order valence-electron chi connectivity index (χ2n) is 7.90. The molecule has 1 atom stereocenters. The number of aliphatic hydroxyl groups is 1. The van der Waals surface area contributed by atoms with Gasteiger partial charge >= 0.3 is 5.91 Å². The fourth-order valence-corrected chi connectivity index (χ4v) is 5.15. The molecular weight excluding hydrogens is 482 g/mol. The zero-order valence-electron chi connectivity index (χ0n) is 19.3. The van der Waals surface area contributed by atoms with Gasteiger partial charge in [0.25, 0.3) is 5.78 Å². The molecule has 2 N–H and O–H groups in total. The largest absolute Gasteiger partial charge is 0.507 e. The highest BCUT2D eigenvalue weighted by Crippen LogP contribution is 2.45. The van der Waals surface area contributed by atoms with E-state index in [0.29, 0.717) is 29.0 Å². The van der Waals surface area contributed by atoms with Crippen molar-refractivity contribution in [2.45, 2.75) is 13.0 Å². The van der Waals surface area contributed by atoms with Crippen molar-refractivity contribution in [1.29, 1.82) is 0 Å². The minimum absolute atomic E-state index is 0.101. The number of carbonyl (C=O) groups excluding carboxylic acids is 2. The summed E-state index contributed by atoms with van der Waals surface area (Å²) in [5, 5.41) is 21.6. The van der Waals surface area contributed by atoms with Crippen LogP contribution in [-0.4, -0.2) is 45.6 Å². The van der Waals surface area contributed by atoms with E-state index in [1.165, 1.54) is 47.9 Å². The Bertz CT molecular complexity index is 1510. The molecule has 10 heteroatoms. The lowest BCUT2D eigenvalue weighted by molar-refractivity contribution is -0.132. The maximum atomic E-state index is 13.4. The third-order valence-corrected chi connectivity index (χ3v) is 6.80. The molecular formula is C26H21N3O6S. The number of thiazole rings is 1. The average Bonchev–Trinajstić information content (AvgIpc) is 3.42. The van der Waals surface area contributed by atoms with Crippen molar-refractivity contribution in [2.24, 2.45) is 0 Å². The maximum absolute atomic E-state index is 13.4. The first-order chi connectivity index (χ1) is 17.4. The highest BCUT2D eigenvalue weighted by atomic mass is 32.1. The Hall–Kier alpha value is -4.44. The number of ether oxygens (including phenoxy) is 2. The van der Waals surface area contributed by atoms with Gasteiger partial charge in [0.2, 0.25) is 0 Å². The molecule has 2 aromatic heterocycles. The number of methoxy groups -OCH3 is 1. The summed E-state index contributed by atoms with van der Waals surface area (Å²) in [5.41, 5.74) is 1.32. The van der Waals surface area contributed by atoms with E-state index in [-0.39, 0.29) is 28.0 Å². The molecule has 1 aliphatic rings. The van der Waals surface area contributed by atoms with Crippen molar-refractivity contribution in [3.05, 3.63) is 77.6 Å². The summed E-state index contributed by atoms with van der Waals surface area (Å²) in [6, 6.07) is 12.0. The van der Waals surface area contributed by atoms with Crippen LogP contribution in [0.2, 0.25) is 0 Å². The zero-order valence-corrected chi connectivity index (χ0v) is 20.2. The minimum atomic E-state index is -1.01. The average molecular weight is 504 g/mol. The summed E-state index contributed by atoms with van der Waals surface area (Å²) in [6.07, 6.45) is 2.96. The fourth-order valence-electron chi connectivity index (χ4n) is 4.13. The van der Waals surface area contributed by atoms with Crippen LogP contribution in [0.15, 0.2) is 66.5 Å². The number of fused-ring (bicyclic) bond motifs is 1. The van der Waals surface area contributed by atoms with Crippen LogP contribution in [0.25, 0.3) is 16.0 Å². The molecule has 9 nitrogen and oxygen atoms in total. The lowest BCUT2D eigenvalue weighted by Crippen LogP contribution is -2.29. The van der Waals surface area contributed by atoms with E-state index in [1.807, 2.05) is 13.0 Å². The van der Waals surface area contributed by atoms with Gasteiger partial charge in [-0.3, -0.25) is 19.5 Å². The number of benzene rings is 2. The second-order valence-corrected chi connectivity index (χ2v) is 8.90. The summed E-state index contributed by atoms with van der Waals surface area (Å²) in [7, 11) is 1.40. The molecule has 1 amide bonds. The smallest absolute Gasteiger partial charge is 0.301 e. The summed E-state index contributed by atoms with van der Waals surface area (Å²) >= 11 is 1.23. The molecule has 3 heterocycles. The van der Waals surface area contributed by atoms with Crippen molar-refractivity contribution < 1.29 is 29.3 Å². The van der Waals surface area contributed by atoms with Crippen LogP contribution >= 0.6 is 11.3 Å². The van der Waals surface area contributed by atoms with Crippen molar-refractivity contribution >= 4 is 44.1 Å². The second kappa shape index (κ2) is 9.31. The van der Waals surface area contributed by atoms with Crippen LogP contribution < -0.4 is 14.4 Å². The number of phenolic OH excluding ortho intramolecular Hbond substituents is 1. The number of phenols is 1. The van der Waals surface area contributed by atoms with Crippen LogP contribution in [-0.2, 0) is 9.59 Å². The van der Waals surface area contributed by atoms with Crippen molar-refractivity contribution in [3.8, 4) is 17.2 Å². The van der Waals surface area contributed by atoms with E-state index in [4.69, 9.17) is 9.47 Å². The molecule has 1 saturated heterocycles. The third-order valence-electron chi connectivity index (χ3n) is 5.78. The zero-order chi connectivity index (χ0) is 25.4. The van der Waals surface area contributed by atoms with Gasteiger partial charge in [0.05, 0.1) is 35.5 Å². The lowest BCUT2D eigenvalue weighted by Gasteiger charge is -2.23. The van der Waals surface area contributed by atoms with Crippen molar-refractivity contribution in [2.75, 3.05) is 18.6 Å². The number of rotatable bonds is 6. The van der Waals surface area contributed by atoms with Gasteiger partial charge in [-0.05, 0) is 55.0 Å². The topological polar surface area (TPSA) is 122 Å². The van der Waals surface area contributed by atoms with E-state index in [9.17, 15) is 19.8 Å². The van der Waals surface area contributed by atoms with Gasteiger partial charge in [0, 0.05) is 18.0 Å². The maximum Gasteiger partial charge on any atom is 0.301 e. The number of nitrogens with zero attached hydrogens (tertiary/aromatic N) is 3. The number of carbonyl (C=O) groups is 2. The standard InChI is InChI=1S/C26H21N3O6S/c1-3-35-16-5-6-17-20(13-16)36-26(28-17)29-22(15-4-7-18(30)19(12-15)34-2)21(24(32)25(29)33)23(31)14-8-10-27-11-9-14/h4-13,22,30-31H,3H2,1-2H3. The van der Waals surface area contributed by atoms with E-state index in [2.05, 4.69) is 9.97 Å². The van der Waals surface area contributed by atoms with E-state index < -0.39 is 17.7 Å². The molecule has 1 aliphatic heterocycles. The number of aromatic nitrogens is 2. The normalized spacial score (nSPS) is 17.1. The van der Waals surface area contributed by atoms with Gasteiger partial charge in [0.15, 0.2) is 16.6 Å². The van der Waals surface area contributed by atoms with Crippen LogP contribution in [0.3, 0.4) is 0 Å². The number of hydrogen-bond acceptors (Lipinski definition) is 9. The van der Waals surface area contributed by atoms with Crippen molar-refractivity contribution in [1.82, 2.24) is 9.97 Å². The molecule has 2 aromatic carbocycles. The molecule has 0 bridgehead atoms. The monoisotopic (exact) mass is 503 g/mol.